The summed E-state index contributed by atoms with van der Waals surface area (Å²) in [6.45, 7) is 8.97. The average Bonchev–Trinajstić information content (AvgIpc) is 2.97. The van der Waals surface area contributed by atoms with Gasteiger partial charge < -0.3 is 15.0 Å². The second-order valence-corrected chi connectivity index (χ2v) is 6.91. The molecule has 0 aromatic carbocycles. The Bertz CT molecular complexity index is 428. The standard InChI is InChI=1S/C14H23N3O2S/c1-14(2,3)19-13(18)17-5-4-11(8-17)6-15-7-12-9-20-10-16-12/h9-11,15H,4-8H2,1-3H3/t11-/m0/s1. The molecular formula is C14H23N3O2S. The van der Waals surface area contributed by atoms with E-state index in [4.69, 9.17) is 4.74 Å². The number of thiazole rings is 1. The highest BCUT2D eigenvalue weighted by Gasteiger charge is 2.29. The van der Waals surface area contributed by atoms with Crippen molar-refractivity contribution >= 4 is 17.4 Å². The van der Waals surface area contributed by atoms with Gasteiger partial charge in [-0.1, -0.05) is 0 Å². The van der Waals surface area contributed by atoms with Crippen molar-refractivity contribution in [3.63, 3.8) is 0 Å². The van der Waals surface area contributed by atoms with E-state index in [-0.39, 0.29) is 6.09 Å². The molecule has 1 aliphatic rings. The van der Waals surface area contributed by atoms with Gasteiger partial charge in [-0.3, -0.25) is 0 Å². The van der Waals surface area contributed by atoms with Crippen molar-refractivity contribution in [3.05, 3.63) is 16.6 Å². The Hall–Kier alpha value is -1.14. The van der Waals surface area contributed by atoms with Crippen molar-refractivity contribution in [2.24, 2.45) is 5.92 Å². The molecule has 1 fully saturated rings. The first kappa shape index (κ1) is 15.3. The van der Waals surface area contributed by atoms with Gasteiger partial charge >= 0.3 is 6.09 Å². The fraction of sp³-hybridized carbons (Fsp3) is 0.714. The molecule has 2 rings (SSSR count). The van der Waals surface area contributed by atoms with Gasteiger partial charge in [0.25, 0.3) is 0 Å². The summed E-state index contributed by atoms with van der Waals surface area (Å²) in [5.41, 5.74) is 2.51. The van der Waals surface area contributed by atoms with Gasteiger partial charge in [-0.2, -0.15) is 0 Å². The van der Waals surface area contributed by atoms with Gasteiger partial charge in [-0.15, -0.1) is 11.3 Å². The van der Waals surface area contributed by atoms with Gasteiger partial charge in [-0.25, -0.2) is 9.78 Å². The fourth-order valence-corrected chi connectivity index (χ4v) is 2.78. The fourth-order valence-electron chi connectivity index (χ4n) is 2.22. The van der Waals surface area contributed by atoms with Crippen molar-refractivity contribution in [1.29, 1.82) is 0 Å². The molecule has 112 valence electrons. The van der Waals surface area contributed by atoms with Gasteiger partial charge in [0, 0.05) is 31.6 Å². The van der Waals surface area contributed by atoms with Crippen LogP contribution in [0.5, 0.6) is 0 Å². The zero-order valence-corrected chi connectivity index (χ0v) is 13.2. The van der Waals surface area contributed by atoms with Crippen LogP contribution in [0.15, 0.2) is 10.9 Å². The summed E-state index contributed by atoms with van der Waals surface area (Å²) < 4.78 is 5.39. The van der Waals surface area contributed by atoms with E-state index in [9.17, 15) is 4.79 Å². The van der Waals surface area contributed by atoms with E-state index in [1.807, 2.05) is 26.3 Å². The monoisotopic (exact) mass is 297 g/mol. The van der Waals surface area contributed by atoms with Gasteiger partial charge in [0.1, 0.15) is 5.60 Å². The third kappa shape index (κ3) is 4.76. The Morgan fingerprint density at radius 2 is 2.40 bits per heavy atom. The molecule has 1 aliphatic heterocycles. The Labute approximate surface area is 124 Å². The van der Waals surface area contributed by atoms with E-state index < -0.39 is 5.60 Å². The first-order valence-corrected chi connectivity index (χ1v) is 7.94. The average molecular weight is 297 g/mol. The van der Waals surface area contributed by atoms with Crippen LogP contribution in [-0.4, -0.2) is 41.2 Å². The lowest BCUT2D eigenvalue weighted by Gasteiger charge is -2.24. The smallest absolute Gasteiger partial charge is 0.410 e. The van der Waals surface area contributed by atoms with Crippen LogP contribution in [0.25, 0.3) is 0 Å². The van der Waals surface area contributed by atoms with Crippen LogP contribution < -0.4 is 5.32 Å². The molecule has 1 saturated heterocycles. The number of carbonyl (C=O) groups is 1. The summed E-state index contributed by atoms with van der Waals surface area (Å²) in [5.74, 6) is 0.501. The van der Waals surface area contributed by atoms with Gasteiger partial charge in [-0.05, 0) is 33.1 Å². The molecule has 0 aliphatic carbocycles. The SMILES string of the molecule is CC(C)(C)OC(=O)N1CC[C@@H](CNCc2cscn2)C1. The second kappa shape index (κ2) is 6.54. The molecular weight excluding hydrogens is 274 g/mol. The molecule has 0 bridgehead atoms. The van der Waals surface area contributed by atoms with E-state index in [1.54, 1.807) is 16.2 Å². The number of rotatable bonds is 4. The number of likely N-dealkylation sites (tertiary alicyclic amines) is 1. The number of amides is 1. The predicted octanol–water partition coefficient (Wildman–Crippen LogP) is 2.49. The number of nitrogens with zero attached hydrogens (tertiary/aromatic N) is 2. The summed E-state index contributed by atoms with van der Waals surface area (Å²) in [6.07, 6.45) is 0.836. The lowest BCUT2D eigenvalue weighted by Crippen LogP contribution is -2.36. The molecule has 5 nitrogen and oxygen atoms in total. The molecule has 1 aromatic rings. The van der Waals surface area contributed by atoms with Crippen LogP contribution in [0.1, 0.15) is 32.9 Å². The second-order valence-electron chi connectivity index (χ2n) is 6.19. The number of hydrogen-bond donors (Lipinski definition) is 1. The van der Waals surface area contributed by atoms with Crippen molar-refractivity contribution in [1.82, 2.24) is 15.2 Å². The molecule has 1 atom stereocenters. The first-order chi connectivity index (χ1) is 9.44. The van der Waals surface area contributed by atoms with Crippen molar-refractivity contribution in [2.45, 2.75) is 39.3 Å². The van der Waals surface area contributed by atoms with E-state index >= 15 is 0 Å². The van der Waals surface area contributed by atoms with Crippen LogP contribution in [-0.2, 0) is 11.3 Å². The van der Waals surface area contributed by atoms with Crippen LogP contribution >= 0.6 is 11.3 Å². The maximum absolute atomic E-state index is 11.9. The molecule has 0 spiro atoms. The zero-order chi connectivity index (χ0) is 14.6. The van der Waals surface area contributed by atoms with Crippen molar-refractivity contribution in [2.75, 3.05) is 19.6 Å². The molecule has 0 saturated carbocycles. The summed E-state index contributed by atoms with van der Waals surface area (Å²) in [7, 11) is 0. The van der Waals surface area contributed by atoms with E-state index in [1.165, 1.54) is 0 Å². The minimum absolute atomic E-state index is 0.195. The Morgan fingerprint density at radius 3 is 3.05 bits per heavy atom. The van der Waals surface area contributed by atoms with Gasteiger partial charge in [0.2, 0.25) is 0 Å². The third-order valence-corrected chi connectivity index (χ3v) is 3.80. The maximum atomic E-state index is 11.9. The molecule has 1 amide bonds. The van der Waals surface area contributed by atoms with Crippen LogP contribution in [0.4, 0.5) is 4.79 Å². The molecule has 2 heterocycles. The van der Waals surface area contributed by atoms with E-state index in [0.29, 0.717) is 5.92 Å². The first-order valence-electron chi connectivity index (χ1n) is 7.00. The molecule has 1 N–H and O–H groups in total. The van der Waals surface area contributed by atoms with Crippen LogP contribution in [0.3, 0.4) is 0 Å². The Kier molecular flexibility index (Phi) is 4.99. The van der Waals surface area contributed by atoms with Crippen molar-refractivity contribution < 1.29 is 9.53 Å². The Morgan fingerprint density at radius 1 is 1.60 bits per heavy atom. The molecule has 6 heteroatoms. The van der Waals surface area contributed by atoms with Gasteiger partial charge in [0.15, 0.2) is 0 Å². The predicted molar refractivity (Wildman–Crippen MR) is 79.7 cm³/mol. The third-order valence-electron chi connectivity index (χ3n) is 3.16. The number of aromatic nitrogens is 1. The van der Waals surface area contributed by atoms with Crippen LogP contribution in [0.2, 0.25) is 0 Å². The Balaban J connectivity index is 1.68. The zero-order valence-electron chi connectivity index (χ0n) is 12.4. The molecule has 1 aromatic heterocycles. The van der Waals surface area contributed by atoms with Crippen LogP contribution in [0, 0.1) is 5.92 Å². The lowest BCUT2D eigenvalue weighted by molar-refractivity contribution is 0.0288. The number of hydrogen-bond acceptors (Lipinski definition) is 5. The highest BCUT2D eigenvalue weighted by Crippen LogP contribution is 2.19. The largest absolute Gasteiger partial charge is 0.444 e. The lowest BCUT2D eigenvalue weighted by atomic mass is 10.1. The summed E-state index contributed by atoms with van der Waals surface area (Å²) in [6, 6.07) is 0. The normalized spacial score (nSPS) is 19.4. The van der Waals surface area contributed by atoms with Gasteiger partial charge in [0.05, 0.1) is 11.2 Å². The maximum Gasteiger partial charge on any atom is 0.410 e. The molecule has 0 unspecified atom stereocenters. The van der Waals surface area contributed by atoms with Crippen molar-refractivity contribution in [3.8, 4) is 0 Å². The number of carbonyl (C=O) groups excluding carboxylic acids is 1. The number of ether oxygens (including phenoxy) is 1. The molecule has 0 radical (unpaired) electrons. The highest BCUT2D eigenvalue weighted by atomic mass is 32.1. The topological polar surface area (TPSA) is 54.5 Å². The minimum atomic E-state index is -0.419. The molecule has 20 heavy (non-hydrogen) atoms. The quantitative estimate of drug-likeness (QED) is 0.927. The summed E-state index contributed by atoms with van der Waals surface area (Å²) >= 11 is 1.61. The van der Waals surface area contributed by atoms with E-state index in [2.05, 4.69) is 15.7 Å². The number of nitrogens with one attached hydrogen (secondary N) is 1. The summed E-state index contributed by atoms with van der Waals surface area (Å²) in [4.78, 5) is 18.0. The highest BCUT2D eigenvalue weighted by molar-refractivity contribution is 7.07. The van der Waals surface area contributed by atoms with E-state index in [0.717, 1.165) is 38.3 Å². The minimum Gasteiger partial charge on any atom is -0.444 e. The summed E-state index contributed by atoms with van der Waals surface area (Å²) in [5, 5.41) is 5.45.